The molecule has 3 aromatic rings. The van der Waals surface area contributed by atoms with Crippen LogP contribution in [0.1, 0.15) is 69.2 Å². The lowest BCUT2D eigenvalue weighted by Crippen LogP contribution is -2.37. The number of amides is 1. The largest absolute Gasteiger partial charge is 0.460 e. The second kappa shape index (κ2) is 10.0. The number of anilines is 1. The molecule has 1 aliphatic rings. The molecule has 0 saturated heterocycles. The van der Waals surface area contributed by atoms with Crippen molar-refractivity contribution in [3.8, 4) is 0 Å². The predicted octanol–water partition coefficient (Wildman–Crippen LogP) is 4.75. The lowest BCUT2D eigenvalue weighted by atomic mass is 9.73. The summed E-state index contributed by atoms with van der Waals surface area (Å²) in [6.45, 7) is 8.16. The molecule has 1 saturated carbocycles. The van der Waals surface area contributed by atoms with Gasteiger partial charge < -0.3 is 15.4 Å². The molecular weight excluding hydrogens is 450 g/mol. The Kier molecular flexibility index (Phi) is 7.11. The molecule has 9 heteroatoms. The highest BCUT2D eigenvalue weighted by atomic mass is 32.1. The highest BCUT2D eigenvalue weighted by molar-refractivity contribution is 7.17. The molecule has 0 unspecified atom stereocenters. The molecule has 34 heavy (non-hydrogen) atoms. The number of pyridine rings is 1. The molecule has 0 aromatic carbocycles. The van der Waals surface area contributed by atoms with Crippen LogP contribution in [0, 0.1) is 11.8 Å². The van der Waals surface area contributed by atoms with Gasteiger partial charge in [-0.3, -0.25) is 14.6 Å². The first-order valence-corrected chi connectivity index (χ1v) is 12.5. The van der Waals surface area contributed by atoms with Gasteiger partial charge in [-0.05, 0) is 76.5 Å². The van der Waals surface area contributed by atoms with Crippen LogP contribution in [0.5, 0.6) is 0 Å². The zero-order valence-corrected chi connectivity index (χ0v) is 20.8. The molecule has 1 amide bonds. The fourth-order valence-electron chi connectivity index (χ4n) is 4.00. The Hall–Kier alpha value is -3.07. The summed E-state index contributed by atoms with van der Waals surface area (Å²) in [6, 6.07) is 7.51. The third kappa shape index (κ3) is 5.88. The SMILES string of the molecule is C[C@H](Nc1nc(C(=O)NCCC2CC(C(=O)OC(C)(C)C)C2)c2sccc2n1)c1ccccn1. The van der Waals surface area contributed by atoms with Crippen LogP contribution in [0.4, 0.5) is 5.95 Å². The number of hydrogen-bond donors (Lipinski definition) is 2. The van der Waals surface area contributed by atoms with Gasteiger partial charge in [0.2, 0.25) is 5.95 Å². The highest BCUT2D eigenvalue weighted by Crippen LogP contribution is 2.37. The Morgan fingerprint density at radius 3 is 2.71 bits per heavy atom. The van der Waals surface area contributed by atoms with Crippen LogP contribution in [0.15, 0.2) is 35.8 Å². The van der Waals surface area contributed by atoms with E-state index in [4.69, 9.17) is 4.74 Å². The number of carbonyl (C=O) groups is 2. The predicted molar refractivity (Wildman–Crippen MR) is 133 cm³/mol. The number of nitrogens with one attached hydrogen (secondary N) is 2. The van der Waals surface area contributed by atoms with Crippen molar-refractivity contribution < 1.29 is 14.3 Å². The number of esters is 1. The normalized spacial score (nSPS) is 18.7. The van der Waals surface area contributed by atoms with Crippen molar-refractivity contribution in [1.82, 2.24) is 20.3 Å². The van der Waals surface area contributed by atoms with Crippen LogP contribution in [0.2, 0.25) is 0 Å². The average molecular weight is 482 g/mol. The quantitative estimate of drug-likeness (QED) is 0.447. The van der Waals surface area contributed by atoms with Crippen molar-refractivity contribution in [3.63, 3.8) is 0 Å². The van der Waals surface area contributed by atoms with Gasteiger partial charge in [0.15, 0.2) is 5.69 Å². The van der Waals surface area contributed by atoms with Crippen LogP contribution in [0.25, 0.3) is 10.2 Å². The summed E-state index contributed by atoms with van der Waals surface area (Å²) in [4.78, 5) is 38.6. The van der Waals surface area contributed by atoms with Gasteiger partial charge in [0.25, 0.3) is 5.91 Å². The summed E-state index contributed by atoms with van der Waals surface area (Å²) in [6.07, 6.45) is 4.19. The molecule has 0 aliphatic heterocycles. The van der Waals surface area contributed by atoms with Gasteiger partial charge in [0.05, 0.1) is 27.9 Å². The molecule has 3 heterocycles. The molecule has 1 atom stereocenters. The second-order valence-corrected chi connectivity index (χ2v) is 10.7. The van der Waals surface area contributed by atoms with E-state index in [9.17, 15) is 9.59 Å². The van der Waals surface area contributed by atoms with E-state index < -0.39 is 5.60 Å². The smallest absolute Gasteiger partial charge is 0.309 e. The number of hydrogen-bond acceptors (Lipinski definition) is 8. The van der Waals surface area contributed by atoms with E-state index in [1.165, 1.54) is 11.3 Å². The third-order valence-electron chi connectivity index (χ3n) is 5.81. The standard InChI is InChI=1S/C25H31N5O3S/c1-15(18-7-5-6-10-26-18)28-24-29-19-9-12-34-21(19)20(30-24)22(31)27-11-8-16-13-17(14-16)23(32)33-25(2,3)4/h5-7,9-10,12,15-17H,8,11,13-14H2,1-4H3,(H,27,31)(H,28,29,30)/t15-,16?,17?/m0/s1. The zero-order valence-electron chi connectivity index (χ0n) is 20.0. The molecule has 3 aromatic heterocycles. The van der Waals surface area contributed by atoms with Gasteiger partial charge in [-0.2, -0.15) is 0 Å². The first kappa shape index (κ1) is 24.1. The zero-order chi connectivity index (χ0) is 24.3. The van der Waals surface area contributed by atoms with E-state index in [2.05, 4.69) is 25.6 Å². The van der Waals surface area contributed by atoms with E-state index in [1.807, 2.05) is 57.3 Å². The molecule has 1 fully saturated rings. The van der Waals surface area contributed by atoms with E-state index >= 15 is 0 Å². The van der Waals surface area contributed by atoms with Gasteiger partial charge in [-0.15, -0.1) is 11.3 Å². The minimum atomic E-state index is -0.454. The molecule has 0 spiro atoms. The molecule has 0 radical (unpaired) electrons. The minimum Gasteiger partial charge on any atom is -0.460 e. The van der Waals surface area contributed by atoms with Crippen LogP contribution >= 0.6 is 11.3 Å². The summed E-state index contributed by atoms with van der Waals surface area (Å²) in [7, 11) is 0. The van der Waals surface area contributed by atoms with Crippen molar-refractivity contribution >= 4 is 39.4 Å². The topological polar surface area (TPSA) is 106 Å². The maximum absolute atomic E-state index is 13.0. The Balaban J connectivity index is 1.33. The Labute approximate surface area is 203 Å². The second-order valence-electron chi connectivity index (χ2n) is 9.76. The van der Waals surface area contributed by atoms with Crippen molar-refractivity contribution in [1.29, 1.82) is 0 Å². The maximum Gasteiger partial charge on any atom is 0.309 e. The number of ether oxygens (including phenoxy) is 1. The lowest BCUT2D eigenvalue weighted by Gasteiger charge is -2.35. The summed E-state index contributed by atoms with van der Waals surface area (Å²) in [5.41, 5.74) is 1.52. The summed E-state index contributed by atoms with van der Waals surface area (Å²) >= 11 is 1.45. The van der Waals surface area contributed by atoms with Gasteiger partial charge in [-0.1, -0.05) is 6.07 Å². The van der Waals surface area contributed by atoms with Gasteiger partial charge in [0.1, 0.15) is 5.60 Å². The first-order valence-electron chi connectivity index (χ1n) is 11.6. The number of carbonyl (C=O) groups excluding carboxylic acids is 2. The van der Waals surface area contributed by atoms with Crippen LogP contribution in [-0.2, 0) is 9.53 Å². The average Bonchev–Trinajstić information content (AvgIpc) is 3.22. The maximum atomic E-state index is 13.0. The molecule has 8 nitrogen and oxygen atoms in total. The van der Waals surface area contributed by atoms with Crippen molar-refractivity contribution in [2.75, 3.05) is 11.9 Å². The molecule has 4 rings (SSSR count). The summed E-state index contributed by atoms with van der Waals surface area (Å²) in [5, 5.41) is 8.16. The van der Waals surface area contributed by atoms with E-state index in [-0.39, 0.29) is 23.8 Å². The number of aromatic nitrogens is 3. The Morgan fingerprint density at radius 2 is 2.00 bits per heavy atom. The summed E-state index contributed by atoms with van der Waals surface area (Å²) < 4.78 is 6.22. The molecule has 0 bridgehead atoms. The van der Waals surface area contributed by atoms with Crippen LogP contribution < -0.4 is 10.6 Å². The molecule has 1 aliphatic carbocycles. The van der Waals surface area contributed by atoms with Gasteiger partial charge in [-0.25, -0.2) is 9.97 Å². The molecule has 2 N–H and O–H groups in total. The van der Waals surface area contributed by atoms with Crippen molar-refractivity contribution in [3.05, 3.63) is 47.2 Å². The third-order valence-corrected chi connectivity index (χ3v) is 6.72. The fraction of sp³-hybridized carbons (Fsp3) is 0.480. The van der Waals surface area contributed by atoms with E-state index in [0.29, 0.717) is 24.1 Å². The lowest BCUT2D eigenvalue weighted by molar-refractivity contribution is -0.164. The van der Waals surface area contributed by atoms with Crippen LogP contribution in [-0.4, -0.2) is 39.0 Å². The highest BCUT2D eigenvalue weighted by Gasteiger charge is 2.36. The van der Waals surface area contributed by atoms with Crippen molar-refractivity contribution in [2.24, 2.45) is 11.8 Å². The molecule has 180 valence electrons. The summed E-state index contributed by atoms with van der Waals surface area (Å²) in [5.74, 6) is 0.456. The van der Waals surface area contributed by atoms with Gasteiger partial charge in [0, 0.05) is 12.7 Å². The minimum absolute atomic E-state index is 0.0257. The van der Waals surface area contributed by atoms with Gasteiger partial charge >= 0.3 is 5.97 Å². The number of nitrogens with zero attached hydrogens (tertiary/aromatic N) is 3. The number of thiophene rings is 1. The Morgan fingerprint density at radius 1 is 1.21 bits per heavy atom. The van der Waals surface area contributed by atoms with E-state index in [0.717, 1.165) is 35.2 Å². The number of rotatable bonds is 8. The van der Waals surface area contributed by atoms with E-state index in [1.54, 1.807) is 6.20 Å². The first-order chi connectivity index (χ1) is 16.2. The number of fused-ring (bicyclic) bond motifs is 1. The monoisotopic (exact) mass is 481 g/mol. The van der Waals surface area contributed by atoms with Crippen molar-refractivity contribution in [2.45, 2.75) is 58.6 Å². The molecular formula is C25H31N5O3S. The van der Waals surface area contributed by atoms with Crippen LogP contribution in [0.3, 0.4) is 0 Å². The fourth-order valence-corrected chi connectivity index (χ4v) is 4.82. The Bertz CT molecular complexity index is 1150.